The summed E-state index contributed by atoms with van der Waals surface area (Å²) in [5.41, 5.74) is 0.363. The highest BCUT2D eigenvalue weighted by Crippen LogP contribution is 2.04. The molecule has 1 aromatic heterocycles. The minimum atomic E-state index is -0.164. The van der Waals surface area contributed by atoms with Gasteiger partial charge in [0.1, 0.15) is 5.76 Å². The van der Waals surface area contributed by atoms with Crippen LogP contribution in [0.4, 0.5) is 0 Å². The minimum Gasteiger partial charge on any atom is -0.361 e. The third-order valence-electron chi connectivity index (χ3n) is 2.13. The molecule has 0 unspecified atom stereocenters. The maximum Gasteiger partial charge on any atom is 0.273 e. The van der Waals surface area contributed by atoms with Gasteiger partial charge in [-0.15, -0.1) is 0 Å². The van der Waals surface area contributed by atoms with Gasteiger partial charge in [0.05, 0.1) is 0 Å². The van der Waals surface area contributed by atoms with E-state index in [9.17, 15) is 4.79 Å². The minimum absolute atomic E-state index is 0.164. The topological polar surface area (TPSA) is 55.1 Å². The fraction of sp³-hybridized carbons (Fsp3) is 0.600. The summed E-state index contributed by atoms with van der Waals surface area (Å²) in [6.45, 7) is 5.93. The summed E-state index contributed by atoms with van der Waals surface area (Å²) in [5, 5.41) is 6.51. The van der Waals surface area contributed by atoms with Gasteiger partial charge in [0.15, 0.2) is 5.69 Å². The van der Waals surface area contributed by atoms with Gasteiger partial charge in [0.2, 0.25) is 0 Å². The monoisotopic (exact) mass is 196 g/mol. The highest BCUT2D eigenvalue weighted by molar-refractivity contribution is 5.92. The van der Waals surface area contributed by atoms with E-state index in [2.05, 4.69) is 10.5 Å². The lowest BCUT2D eigenvalue weighted by Crippen LogP contribution is -2.32. The van der Waals surface area contributed by atoms with Gasteiger partial charge >= 0.3 is 0 Å². The Balaban J connectivity index is 2.60. The van der Waals surface area contributed by atoms with E-state index >= 15 is 0 Å². The molecule has 0 aliphatic rings. The van der Waals surface area contributed by atoms with Crippen molar-refractivity contribution in [2.45, 2.75) is 39.7 Å². The van der Waals surface area contributed by atoms with E-state index in [0.717, 1.165) is 18.6 Å². The molecule has 1 aromatic rings. The van der Waals surface area contributed by atoms with Gasteiger partial charge in [0.25, 0.3) is 5.91 Å². The summed E-state index contributed by atoms with van der Waals surface area (Å²) in [6.07, 6.45) is 1.66. The molecular formula is C10H16N2O2. The molecule has 0 radical (unpaired) electrons. The van der Waals surface area contributed by atoms with Gasteiger partial charge in [-0.25, -0.2) is 0 Å². The van der Waals surface area contributed by atoms with Gasteiger partial charge in [-0.2, -0.15) is 0 Å². The molecule has 1 amide bonds. The molecule has 4 nitrogen and oxygen atoms in total. The van der Waals surface area contributed by atoms with Crippen molar-refractivity contribution in [3.8, 4) is 0 Å². The van der Waals surface area contributed by atoms with Crippen LogP contribution in [0.1, 0.15) is 43.4 Å². The molecule has 0 aliphatic carbocycles. The zero-order valence-electron chi connectivity index (χ0n) is 8.83. The second kappa shape index (κ2) is 4.79. The predicted molar refractivity (Wildman–Crippen MR) is 53.1 cm³/mol. The van der Waals surface area contributed by atoms with Crippen molar-refractivity contribution in [3.05, 3.63) is 17.5 Å². The number of hydrogen-bond donors (Lipinski definition) is 1. The van der Waals surface area contributed by atoms with Crippen LogP contribution in [0.3, 0.4) is 0 Å². The molecule has 4 heteroatoms. The first-order valence-electron chi connectivity index (χ1n) is 4.93. The standard InChI is InChI=1S/C10H16N2O2/c1-4-7(3)11-10(13)9-6-8(5-2)14-12-9/h6-7H,4-5H2,1-3H3,(H,11,13)/t7-/m1/s1. The van der Waals surface area contributed by atoms with Gasteiger partial charge in [-0.1, -0.05) is 19.0 Å². The van der Waals surface area contributed by atoms with E-state index in [1.807, 2.05) is 20.8 Å². The van der Waals surface area contributed by atoms with E-state index in [-0.39, 0.29) is 11.9 Å². The van der Waals surface area contributed by atoms with Crippen LogP contribution in [0, 0.1) is 0 Å². The van der Waals surface area contributed by atoms with Crippen molar-refractivity contribution in [1.82, 2.24) is 10.5 Å². The van der Waals surface area contributed by atoms with Crippen LogP contribution in [0.5, 0.6) is 0 Å². The van der Waals surface area contributed by atoms with Crippen LogP contribution >= 0.6 is 0 Å². The maximum atomic E-state index is 11.5. The molecule has 0 fully saturated rings. The van der Waals surface area contributed by atoms with Gasteiger partial charge in [-0.05, 0) is 13.3 Å². The first-order valence-corrected chi connectivity index (χ1v) is 4.93. The van der Waals surface area contributed by atoms with E-state index in [1.165, 1.54) is 0 Å². The second-order valence-corrected chi connectivity index (χ2v) is 3.31. The summed E-state index contributed by atoms with van der Waals surface area (Å²) >= 11 is 0. The number of amides is 1. The molecule has 0 saturated heterocycles. The van der Waals surface area contributed by atoms with Crippen molar-refractivity contribution in [2.24, 2.45) is 0 Å². The molecule has 1 N–H and O–H groups in total. The van der Waals surface area contributed by atoms with Crippen LogP contribution in [-0.4, -0.2) is 17.1 Å². The molecule has 14 heavy (non-hydrogen) atoms. The molecule has 1 heterocycles. The molecule has 1 rings (SSSR count). The highest BCUT2D eigenvalue weighted by atomic mass is 16.5. The fourth-order valence-electron chi connectivity index (χ4n) is 0.986. The molecular weight excluding hydrogens is 180 g/mol. The van der Waals surface area contributed by atoms with Crippen molar-refractivity contribution < 1.29 is 9.32 Å². The lowest BCUT2D eigenvalue weighted by Gasteiger charge is -2.08. The zero-order chi connectivity index (χ0) is 10.6. The van der Waals surface area contributed by atoms with E-state index in [1.54, 1.807) is 6.07 Å². The average Bonchev–Trinajstić information content (AvgIpc) is 2.65. The number of carbonyl (C=O) groups excluding carboxylic acids is 1. The Morgan fingerprint density at radius 3 is 2.86 bits per heavy atom. The Bertz CT molecular complexity index is 307. The largest absolute Gasteiger partial charge is 0.361 e. The third kappa shape index (κ3) is 2.58. The number of rotatable bonds is 4. The van der Waals surface area contributed by atoms with Crippen LogP contribution in [-0.2, 0) is 6.42 Å². The normalized spacial score (nSPS) is 12.5. The van der Waals surface area contributed by atoms with Gasteiger partial charge in [0, 0.05) is 18.5 Å². The van der Waals surface area contributed by atoms with E-state index in [0.29, 0.717) is 5.69 Å². The summed E-state index contributed by atoms with van der Waals surface area (Å²) in [5.74, 6) is 0.571. The zero-order valence-corrected chi connectivity index (χ0v) is 8.83. The molecule has 0 aromatic carbocycles. The summed E-state index contributed by atoms with van der Waals surface area (Å²) in [6, 6.07) is 1.85. The molecule has 0 bridgehead atoms. The number of nitrogens with zero attached hydrogens (tertiary/aromatic N) is 1. The quantitative estimate of drug-likeness (QED) is 0.798. The summed E-state index contributed by atoms with van der Waals surface area (Å²) < 4.78 is 4.94. The van der Waals surface area contributed by atoms with Crippen LogP contribution in [0.15, 0.2) is 10.6 Å². The smallest absolute Gasteiger partial charge is 0.273 e. The van der Waals surface area contributed by atoms with E-state index < -0.39 is 0 Å². The van der Waals surface area contributed by atoms with Crippen molar-refractivity contribution in [1.29, 1.82) is 0 Å². The van der Waals surface area contributed by atoms with E-state index in [4.69, 9.17) is 4.52 Å². The second-order valence-electron chi connectivity index (χ2n) is 3.31. The fourth-order valence-corrected chi connectivity index (χ4v) is 0.986. The maximum absolute atomic E-state index is 11.5. The Hall–Kier alpha value is -1.32. The third-order valence-corrected chi connectivity index (χ3v) is 2.13. The summed E-state index contributed by atoms with van der Waals surface area (Å²) in [7, 11) is 0. The number of hydrogen-bond acceptors (Lipinski definition) is 3. The highest BCUT2D eigenvalue weighted by Gasteiger charge is 2.12. The van der Waals surface area contributed by atoms with Crippen molar-refractivity contribution in [2.75, 3.05) is 0 Å². The SMILES string of the molecule is CCc1cc(C(=O)N[C@H](C)CC)no1. The number of aryl methyl sites for hydroxylation is 1. The van der Waals surface area contributed by atoms with Crippen LogP contribution < -0.4 is 5.32 Å². The van der Waals surface area contributed by atoms with Crippen LogP contribution in [0.25, 0.3) is 0 Å². The molecule has 0 saturated carbocycles. The first kappa shape index (κ1) is 10.8. The predicted octanol–water partition coefficient (Wildman–Crippen LogP) is 1.77. The summed E-state index contributed by atoms with van der Waals surface area (Å²) in [4.78, 5) is 11.5. The first-order chi connectivity index (χ1) is 6.67. The molecule has 0 spiro atoms. The van der Waals surface area contributed by atoms with Crippen molar-refractivity contribution >= 4 is 5.91 Å². The molecule has 78 valence electrons. The lowest BCUT2D eigenvalue weighted by molar-refractivity contribution is 0.0930. The Morgan fingerprint density at radius 1 is 1.64 bits per heavy atom. The van der Waals surface area contributed by atoms with Gasteiger partial charge < -0.3 is 9.84 Å². The average molecular weight is 196 g/mol. The van der Waals surface area contributed by atoms with Crippen molar-refractivity contribution in [3.63, 3.8) is 0 Å². The molecule has 1 atom stereocenters. The van der Waals surface area contributed by atoms with Gasteiger partial charge in [-0.3, -0.25) is 4.79 Å². The van der Waals surface area contributed by atoms with Crippen LogP contribution in [0.2, 0.25) is 0 Å². The Morgan fingerprint density at radius 2 is 2.36 bits per heavy atom. The lowest BCUT2D eigenvalue weighted by atomic mass is 10.2. The Labute approximate surface area is 83.7 Å². The molecule has 0 aliphatic heterocycles. The number of aromatic nitrogens is 1. The Kier molecular flexibility index (Phi) is 3.68. The number of nitrogens with one attached hydrogen (secondary N) is 1. The number of carbonyl (C=O) groups is 1.